The van der Waals surface area contributed by atoms with Gasteiger partial charge in [-0.2, -0.15) is 13.2 Å². The highest BCUT2D eigenvalue weighted by Crippen LogP contribution is 2.46. The second-order valence-corrected chi connectivity index (χ2v) is 9.45. The molecule has 180 valence electrons. The smallest absolute Gasteiger partial charge is 0.416 e. The third-order valence-corrected chi connectivity index (χ3v) is 7.46. The standard InChI is InChI=1S/C24H29ClF3N3O2/c1-33-21-5-4-17(13-20(21)25)23(14-16(22(29)32)12-18(15-23)24(26,27)28)31-10-6-19(7-11-31)30-8-2-3-9-30/h4-5,12-13,15,19H,2-3,6-11,14H2,1H3,(H2,29,32). The highest BCUT2D eigenvalue weighted by atomic mass is 35.5. The molecule has 5 nitrogen and oxygen atoms in total. The average Bonchev–Trinajstić information content (AvgIpc) is 3.33. The minimum absolute atomic E-state index is 0.0431. The van der Waals surface area contributed by atoms with Gasteiger partial charge < -0.3 is 15.4 Å². The van der Waals surface area contributed by atoms with Gasteiger partial charge in [0, 0.05) is 31.1 Å². The van der Waals surface area contributed by atoms with Gasteiger partial charge in [0.1, 0.15) is 5.75 Å². The lowest BCUT2D eigenvalue weighted by molar-refractivity contribution is -0.115. The number of amides is 1. The number of allylic oxidation sites excluding steroid dienone is 2. The zero-order chi connectivity index (χ0) is 23.8. The number of carbonyl (C=O) groups excluding carboxylic acids is 1. The molecule has 2 N–H and O–H groups in total. The number of rotatable bonds is 5. The first-order chi connectivity index (χ1) is 15.6. The number of carbonyl (C=O) groups is 1. The Bertz CT molecular complexity index is 964. The van der Waals surface area contributed by atoms with Gasteiger partial charge in [-0.3, -0.25) is 9.69 Å². The zero-order valence-electron chi connectivity index (χ0n) is 18.6. The normalized spacial score (nSPS) is 25.6. The molecule has 2 saturated heterocycles. The Labute approximate surface area is 197 Å². The number of likely N-dealkylation sites (tertiary alicyclic amines) is 2. The van der Waals surface area contributed by atoms with Crippen LogP contribution in [0.15, 0.2) is 41.5 Å². The van der Waals surface area contributed by atoms with Crippen molar-refractivity contribution in [2.75, 3.05) is 33.3 Å². The van der Waals surface area contributed by atoms with E-state index in [1.807, 2.05) is 0 Å². The Morgan fingerprint density at radius 2 is 1.85 bits per heavy atom. The summed E-state index contributed by atoms with van der Waals surface area (Å²) in [7, 11) is 1.48. The van der Waals surface area contributed by atoms with Crippen molar-refractivity contribution in [1.29, 1.82) is 0 Å². The van der Waals surface area contributed by atoms with Crippen molar-refractivity contribution in [1.82, 2.24) is 9.80 Å². The number of benzene rings is 1. The summed E-state index contributed by atoms with van der Waals surface area (Å²) in [6.45, 7) is 3.38. The second-order valence-electron chi connectivity index (χ2n) is 9.04. The molecular formula is C24H29ClF3N3O2. The van der Waals surface area contributed by atoms with Crippen LogP contribution >= 0.6 is 11.6 Å². The van der Waals surface area contributed by atoms with E-state index in [-0.39, 0.29) is 12.0 Å². The van der Waals surface area contributed by atoms with E-state index in [0.29, 0.717) is 35.5 Å². The van der Waals surface area contributed by atoms with E-state index in [1.54, 1.807) is 18.2 Å². The van der Waals surface area contributed by atoms with Crippen LogP contribution in [0.2, 0.25) is 5.02 Å². The maximum absolute atomic E-state index is 13.9. The SMILES string of the molecule is COc1ccc(C2(N3CCC(N4CCCC4)CC3)C=C(C(F)(F)F)C=C(C(N)=O)C2)cc1Cl. The lowest BCUT2D eigenvalue weighted by Gasteiger charge is -2.49. The zero-order valence-corrected chi connectivity index (χ0v) is 19.4. The molecule has 33 heavy (non-hydrogen) atoms. The van der Waals surface area contributed by atoms with Crippen molar-refractivity contribution >= 4 is 17.5 Å². The Balaban J connectivity index is 1.76. The summed E-state index contributed by atoms with van der Waals surface area (Å²) < 4.78 is 47.0. The summed E-state index contributed by atoms with van der Waals surface area (Å²) in [4.78, 5) is 16.7. The van der Waals surface area contributed by atoms with Gasteiger partial charge >= 0.3 is 6.18 Å². The first-order valence-electron chi connectivity index (χ1n) is 11.3. The molecule has 2 aliphatic heterocycles. The number of alkyl halides is 3. The largest absolute Gasteiger partial charge is 0.495 e. The van der Waals surface area contributed by atoms with Crippen molar-refractivity contribution in [3.8, 4) is 5.75 Å². The monoisotopic (exact) mass is 483 g/mol. The van der Waals surface area contributed by atoms with Crippen molar-refractivity contribution in [2.45, 2.75) is 49.9 Å². The predicted molar refractivity (Wildman–Crippen MR) is 121 cm³/mol. The molecule has 1 aliphatic carbocycles. The van der Waals surface area contributed by atoms with Crippen LogP contribution in [0.4, 0.5) is 13.2 Å². The van der Waals surface area contributed by atoms with Gasteiger partial charge in [-0.1, -0.05) is 17.7 Å². The number of nitrogens with zero attached hydrogens (tertiary/aromatic N) is 2. The van der Waals surface area contributed by atoms with Gasteiger partial charge in [-0.15, -0.1) is 0 Å². The fourth-order valence-electron chi connectivity index (χ4n) is 5.44. The number of methoxy groups -OCH3 is 1. The van der Waals surface area contributed by atoms with Crippen molar-refractivity contribution < 1.29 is 22.7 Å². The van der Waals surface area contributed by atoms with E-state index in [9.17, 15) is 18.0 Å². The van der Waals surface area contributed by atoms with Crippen molar-refractivity contribution in [2.24, 2.45) is 5.73 Å². The number of halogens is 4. The topological polar surface area (TPSA) is 58.8 Å². The molecular weight excluding hydrogens is 455 g/mol. The highest BCUT2D eigenvalue weighted by Gasteiger charge is 2.46. The molecule has 2 fully saturated rings. The van der Waals surface area contributed by atoms with Crippen LogP contribution < -0.4 is 10.5 Å². The average molecular weight is 484 g/mol. The van der Waals surface area contributed by atoms with E-state index in [2.05, 4.69) is 9.80 Å². The molecule has 3 aliphatic rings. The summed E-state index contributed by atoms with van der Waals surface area (Å²) in [5.41, 5.74) is 4.00. The highest BCUT2D eigenvalue weighted by molar-refractivity contribution is 6.32. The van der Waals surface area contributed by atoms with Crippen LogP contribution in [-0.2, 0) is 10.3 Å². The molecule has 9 heteroatoms. The maximum Gasteiger partial charge on any atom is 0.416 e. The number of hydrogen-bond donors (Lipinski definition) is 1. The number of ether oxygens (including phenoxy) is 1. The van der Waals surface area contributed by atoms with Gasteiger partial charge in [0.05, 0.1) is 23.2 Å². The summed E-state index contributed by atoms with van der Waals surface area (Å²) in [6, 6.07) is 5.45. The quantitative estimate of drug-likeness (QED) is 0.674. The van der Waals surface area contributed by atoms with Crippen molar-refractivity contribution in [3.05, 3.63) is 52.1 Å². The van der Waals surface area contributed by atoms with Crippen LogP contribution in [0.25, 0.3) is 0 Å². The lowest BCUT2D eigenvalue weighted by atomic mass is 9.75. The fraction of sp³-hybridized carbons (Fsp3) is 0.542. The van der Waals surface area contributed by atoms with Crippen LogP contribution in [-0.4, -0.2) is 61.2 Å². The third kappa shape index (κ3) is 4.79. The summed E-state index contributed by atoms with van der Waals surface area (Å²) in [5, 5.41) is 0.304. The molecule has 0 radical (unpaired) electrons. The second kappa shape index (κ2) is 9.31. The van der Waals surface area contributed by atoms with Crippen LogP contribution in [0.5, 0.6) is 5.75 Å². The summed E-state index contributed by atoms with van der Waals surface area (Å²) in [5.74, 6) is -0.411. The summed E-state index contributed by atoms with van der Waals surface area (Å²) in [6.07, 6.45) is 1.66. The minimum Gasteiger partial charge on any atom is -0.495 e. The van der Waals surface area contributed by atoms with Gasteiger partial charge in [-0.05, 0) is 68.6 Å². The van der Waals surface area contributed by atoms with E-state index in [0.717, 1.165) is 32.0 Å². The molecule has 1 amide bonds. The molecule has 1 aromatic carbocycles. The Kier molecular flexibility index (Phi) is 6.80. The first kappa shape index (κ1) is 24.1. The molecule has 1 atom stereocenters. The molecule has 4 rings (SSSR count). The van der Waals surface area contributed by atoms with Gasteiger partial charge in [0.25, 0.3) is 0 Å². The maximum atomic E-state index is 13.9. The van der Waals surface area contributed by atoms with Crippen molar-refractivity contribution in [3.63, 3.8) is 0 Å². The first-order valence-corrected chi connectivity index (χ1v) is 11.7. The minimum atomic E-state index is -4.61. The Morgan fingerprint density at radius 3 is 2.39 bits per heavy atom. The molecule has 2 heterocycles. The van der Waals surface area contributed by atoms with Gasteiger partial charge in [0.15, 0.2) is 0 Å². The number of piperidine rings is 1. The summed E-state index contributed by atoms with van der Waals surface area (Å²) >= 11 is 6.38. The lowest BCUT2D eigenvalue weighted by Crippen LogP contribution is -2.53. The Morgan fingerprint density at radius 1 is 1.18 bits per heavy atom. The van der Waals surface area contributed by atoms with Crippen LogP contribution in [0.3, 0.4) is 0 Å². The van der Waals surface area contributed by atoms with E-state index in [4.69, 9.17) is 22.1 Å². The Hall–Kier alpha value is -2.03. The fourth-order valence-corrected chi connectivity index (χ4v) is 5.70. The predicted octanol–water partition coefficient (Wildman–Crippen LogP) is 4.41. The van der Waals surface area contributed by atoms with E-state index < -0.39 is 23.2 Å². The van der Waals surface area contributed by atoms with Crippen LogP contribution in [0.1, 0.15) is 37.7 Å². The molecule has 0 spiro atoms. The molecule has 0 bridgehead atoms. The third-order valence-electron chi connectivity index (χ3n) is 7.17. The number of nitrogens with two attached hydrogens (primary N) is 1. The molecule has 0 aromatic heterocycles. The van der Waals surface area contributed by atoms with E-state index in [1.165, 1.54) is 26.0 Å². The molecule has 0 saturated carbocycles. The van der Waals surface area contributed by atoms with Crippen LogP contribution in [0, 0.1) is 0 Å². The molecule has 1 aromatic rings. The van der Waals surface area contributed by atoms with E-state index >= 15 is 0 Å². The number of primary amides is 1. The molecule has 1 unspecified atom stereocenters. The van der Waals surface area contributed by atoms with Gasteiger partial charge in [-0.25, -0.2) is 0 Å². The number of hydrogen-bond acceptors (Lipinski definition) is 4. The van der Waals surface area contributed by atoms with Gasteiger partial charge in [0.2, 0.25) is 5.91 Å².